The van der Waals surface area contributed by atoms with Crippen molar-refractivity contribution in [1.29, 1.82) is 0 Å². The highest BCUT2D eigenvalue weighted by molar-refractivity contribution is 5.66. The minimum atomic E-state index is -0.533. The van der Waals surface area contributed by atoms with Crippen LogP contribution in [0.5, 0.6) is 0 Å². The molecule has 0 radical (unpaired) electrons. The average Bonchev–Trinajstić information content (AvgIpc) is 2.40. The SMILES string of the molecule is CC1CC(ONC(=O)OC(C)(C)C)CN1C. The van der Waals surface area contributed by atoms with Crippen LogP contribution >= 0.6 is 0 Å². The molecule has 0 saturated carbocycles. The van der Waals surface area contributed by atoms with Crippen molar-refractivity contribution in [1.82, 2.24) is 10.4 Å². The minimum absolute atomic E-state index is 0.0486. The molecule has 0 bridgehead atoms. The van der Waals surface area contributed by atoms with E-state index in [0.29, 0.717) is 6.04 Å². The first-order valence-electron chi connectivity index (χ1n) is 5.63. The molecular weight excluding hydrogens is 208 g/mol. The molecular formula is C11H22N2O3. The summed E-state index contributed by atoms with van der Waals surface area (Å²) in [5.74, 6) is 0. The smallest absolute Gasteiger partial charge is 0.431 e. The van der Waals surface area contributed by atoms with Gasteiger partial charge in [0.2, 0.25) is 0 Å². The number of ether oxygens (including phenoxy) is 1. The van der Waals surface area contributed by atoms with Gasteiger partial charge in [0.25, 0.3) is 0 Å². The Morgan fingerprint density at radius 2 is 2.06 bits per heavy atom. The van der Waals surface area contributed by atoms with Crippen molar-refractivity contribution in [3.05, 3.63) is 0 Å². The van der Waals surface area contributed by atoms with Gasteiger partial charge in [0.1, 0.15) is 5.60 Å². The molecule has 0 aromatic carbocycles. The monoisotopic (exact) mass is 230 g/mol. The van der Waals surface area contributed by atoms with Gasteiger partial charge >= 0.3 is 6.09 Å². The molecule has 2 unspecified atom stereocenters. The Morgan fingerprint density at radius 1 is 1.44 bits per heavy atom. The fraction of sp³-hybridized carbons (Fsp3) is 0.909. The minimum Gasteiger partial charge on any atom is -0.442 e. The lowest BCUT2D eigenvalue weighted by Gasteiger charge is -2.20. The van der Waals surface area contributed by atoms with Crippen molar-refractivity contribution in [3.63, 3.8) is 0 Å². The molecule has 0 spiro atoms. The summed E-state index contributed by atoms with van der Waals surface area (Å²) in [7, 11) is 2.04. The molecule has 16 heavy (non-hydrogen) atoms. The van der Waals surface area contributed by atoms with Gasteiger partial charge in [-0.3, -0.25) is 4.84 Å². The highest BCUT2D eigenvalue weighted by Crippen LogP contribution is 2.17. The number of hydrogen-bond acceptors (Lipinski definition) is 4. The number of nitrogens with zero attached hydrogens (tertiary/aromatic N) is 1. The van der Waals surface area contributed by atoms with Gasteiger partial charge in [-0.2, -0.15) is 5.48 Å². The molecule has 1 heterocycles. The van der Waals surface area contributed by atoms with E-state index >= 15 is 0 Å². The van der Waals surface area contributed by atoms with Crippen LogP contribution in [-0.4, -0.2) is 42.3 Å². The van der Waals surface area contributed by atoms with Gasteiger partial charge in [-0.05, 0) is 41.2 Å². The predicted molar refractivity (Wildman–Crippen MR) is 61.0 cm³/mol. The van der Waals surface area contributed by atoms with Crippen LogP contribution in [0.1, 0.15) is 34.1 Å². The molecule has 1 rings (SSSR count). The van der Waals surface area contributed by atoms with Crippen LogP contribution in [0, 0.1) is 0 Å². The van der Waals surface area contributed by atoms with E-state index in [1.54, 1.807) is 0 Å². The molecule has 2 atom stereocenters. The first kappa shape index (κ1) is 13.3. The largest absolute Gasteiger partial charge is 0.442 e. The third-order valence-corrected chi connectivity index (χ3v) is 2.56. The first-order valence-corrected chi connectivity index (χ1v) is 5.63. The average molecular weight is 230 g/mol. The normalized spacial score (nSPS) is 26.8. The second-order valence-corrected chi connectivity index (χ2v) is 5.37. The number of likely N-dealkylation sites (tertiary alicyclic amines) is 1. The van der Waals surface area contributed by atoms with Gasteiger partial charge in [-0.15, -0.1) is 0 Å². The Bertz CT molecular complexity index is 240. The molecule has 1 aliphatic rings. The van der Waals surface area contributed by atoms with Crippen LogP contribution in [0.4, 0.5) is 4.79 Å². The number of amides is 1. The Labute approximate surface area is 97.0 Å². The molecule has 1 N–H and O–H groups in total. The number of rotatable bonds is 2. The lowest BCUT2D eigenvalue weighted by Crippen LogP contribution is -2.35. The molecule has 5 nitrogen and oxygen atoms in total. The van der Waals surface area contributed by atoms with Crippen molar-refractivity contribution >= 4 is 6.09 Å². The fourth-order valence-electron chi connectivity index (χ4n) is 1.65. The van der Waals surface area contributed by atoms with Crippen LogP contribution in [0.3, 0.4) is 0 Å². The number of nitrogens with one attached hydrogen (secondary N) is 1. The topological polar surface area (TPSA) is 50.8 Å². The molecule has 5 heteroatoms. The summed E-state index contributed by atoms with van der Waals surface area (Å²) < 4.78 is 5.06. The third-order valence-electron chi connectivity index (χ3n) is 2.56. The van der Waals surface area contributed by atoms with Crippen LogP contribution in [-0.2, 0) is 9.57 Å². The molecule has 1 fully saturated rings. The van der Waals surface area contributed by atoms with Gasteiger partial charge in [-0.25, -0.2) is 4.79 Å². The van der Waals surface area contributed by atoms with E-state index in [2.05, 4.69) is 17.3 Å². The fourth-order valence-corrected chi connectivity index (χ4v) is 1.65. The van der Waals surface area contributed by atoms with E-state index in [0.717, 1.165) is 13.0 Å². The number of hydroxylamine groups is 1. The van der Waals surface area contributed by atoms with Crippen LogP contribution in [0.15, 0.2) is 0 Å². The van der Waals surface area contributed by atoms with Crippen molar-refractivity contribution in [2.24, 2.45) is 0 Å². The van der Waals surface area contributed by atoms with Gasteiger partial charge in [0.05, 0.1) is 6.10 Å². The molecule has 0 aromatic heterocycles. The molecule has 0 aromatic rings. The highest BCUT2D eigenvalue weighted by atomic mass is 16.7. The molecule has 94 valence electrons. The number of carbonyl (C=O) groups is 1. The third kappa shape index (κ3) is 4.37. The summed E-state index contributed by atoms with van der Waals surface area (Å²) in [6.45, 7) is 8.42. The maximum atomic E-state index is 11.3. The van der Waals surface area contributed by atoms with Crippen molar-refractivity contribution in [2.75, 3.05) is 13.6 Å². The van der Waals surface area contributed by atoms with Gasteiger partial charge in [0.15, 0.2) is 0 Å². The lowest BCUT2D eigenvalue weighted by molar-refractivity contribution is -0.0379. The standard InChI is InChI=1S/C11H22N2O3/c1-8-6-9(7-13(8)5)16-12-10(14)15-11(2,3)4/h8-9H,6-7H2,1-5H3,(H,12,14). The van der Waals surface area contributed by atoms with E-state index in [9.17, 15) is 4.79 Å². The van der Waals surface area contributed by atoms with Crippen molar-refractivity contribution in [3.8, 4) is 0 Å². The van der Waals surface area contributed by atoms with Gasteiger partial charge in [0, 0.05) is 12.6 Å². The Hall–Kier alpha value is -0.810. The second kappa shape index (κ2) is 5.01. The van der Waals surface area contributed by atoms with Gasteiger partial charge < -0.3 is 9.64 Å². The zero-order valence-corrected chi connectivity index (χ0v) is 10.7. The van der Waals surface area contributed by atoms with E-state index in [-0.39, 0.29) is 6.10 Å². The summed E-state index contributed by atoms with van der Waals surface area (Å²) >= 11 is 0. The van der Waals surface area contributed by atoms with Crippen LogP contribution < -0.4 is 5.48 Å². The van der Waals surface area contributed by atoms with E-state index < -0.39 is 11.7 Å². The second-order valence-electron chi connectivity index (χ2n) is 5.37. The summed E-state index contributed by atoms with van der Waals surface area (Å²) in [6.07, 6.45) is 0.439. The quantitative estimate of drug-likeness (QED) is 0.731. The molecule has 0 aliphatic carbocycles. The van der Waals surface area contributed by atoms with E-state index in [4.69, 9.17) is 9.57 Å². The van der Waals surface area contributed by atoms with Crippen LogP contribution in [0.25, 0.3) is 0 Å². The number of likely N-dealkylation sites (N-methyl/N-ethyl adjacent to an activating group) is 1. The summed E-state index contributed by atoms with van der Waals surface area (Å²) in [5.41, 5.74) is 1.84. The Kier molecular flexibility index (Phi) is 4.15. The number of carbonyl (C=O) groups excluding carboxylic acids is 1. The van der Waals surface area contributed by atoms with E-state index in [1.807, 2.05) is 27.8 Å². The zero-order chi connectivity index (χ0) is 12.3. The zero-order valence-electron chi connectivity index (χ0n) is 10.7. The molecule has 1 aliphatic heterocycles. The maximum Gasteiger partial charge on any atom is 0.431 e. The number of hydrogen-bond donors (Lipinski definition) is 1. The van der Waals surface area contributed by atoms with E-state index in [1.165, 1.54) is 0 Å². The Balaban J connectivity index is 2.23. The Morgan fingerprint density at radius 3 is 2.50 bits per heavy atom. The molecule has 1 saturated heterocycles. The molecule has 1 amide bonds. The predicted octanol–water partition coefficient (Wildman–Crippen LogP) is 1.54. The first-order chi connectivity index (χ1) is 7.28. The lowest BCUT2D eigenvalue weighted by atomic mass is 10.2. The highest BCUT2D eigenvalue weighted by Gasteiger charge is 2.28. The summed E-state index contributed by atoms with van der Waals surface area (Å²) in [4.78, 5) is 18.8. The van der Waals surface area contributed by atoms with Gasteiger partial charge in [-0.1, -0.05) is 0 Å². The summed E-state index contributed by atoms with van der Waals surface area (Å²) in [6, 6.07) is 0.491. The van der Waals surface area contributed by atoms with Crippen molar-refractivity contribution < 1.29 is 14.4 Å². The van der Waals surface area contributed by atoms with Crippen LogP contribution in [0.2, 0.25) is 0 Å². The summed E-state index contributed by atoms with van der Waals surface area (Å²) in [5, 5.41) is 0. The van der Waals surface area contributed by atoms with Crippen molar-refractivity contribution in [2.45, 2.75) is 51.9 Å². The maximum absolute atomic E-state index is 11.3.